The fourth-order valence-electron chi connectivity index (χ4n) is 2.74. The summed E-state index contributed by atoms with van der Waals surface area (Å²) >= 11 is 7.03. The van der Waals surface area contributed by atoms with E-state index in [2.05, 4.69) is 4.72 Å². The molecule has 0 aliphatic carbocycles. The van der Waals surface area contributed by atoms with Crippen molar-refractivity contribution in [1.29, 1.82) is 5.41 Å². The third-order valence-electron chi connectivity index (χ3n) is 4.17. The molecule has 2 unspecified atom stereocenters. The number of amides is 2. The molecule has 0 saturated heterocycles. The van der Waals surface area contributed by atoms with E-state index in [-0.39, 0.29) is 17.4 Å². The molecule has 0 heterocycles. The van der Waals surface area contributed by atoms with Crippen LogP contribution in [0.3, 0.4) is 0 Å². The Morgan fingerprint density at radius 1 is 1.21 bits per heavy atom. The number of aryl methyl sites for hydroxylation is 1. The third kappa shape index (κ3) is 5.48. The summed E-state index contributed by atoms with van der Waals surface area (Å²) in [6.45, 7) is 3.86. The van der Waals surface area contributed by atoms with Crippen LogP contribution in [0.15, 0.2) is 47.4 Å². The van der Waals surface area contributed by atoms with Crippen molar-refractivity contribution in [2.45, 2.75) is 30.7 Å². The van der Waals surface area contributed by atoms with Gasteiger partial charge in [0.25, 0.3) is 0 Å². The zero-order chi connectivity index (χ0) is 20.8. The number of halogens is 1. The van der Waals surface area contributed by atoms with Crippen LogP contribution in [0.25, 0.3) is 0 Å². The Balaban J connectivity index is 2.31. The summed E-state index contributed by atoms with van der Waals surface area (Å²) in [6, 6.07) is 11.8. The molecule has 2 atom stereocenters. The molecule has 2 aromatic rings. The van der Waals surface area contributed by atoms with Crippen molar-refractivity contribution in [2.75, 3.05) is 0 Å². The fourth-order valence-corrected chi connectivity index (χ4v) is 3.89. The molecule has 0 bridgehead atoms. The van der Waals surface area contributed by atoms with Gasteiger partial charge in [-0.1, -0.05) is 42.8 Å². The molecule has 6 N–H and O–H groups in total. The van der Waals surface area contributed by atoms with Gasteiger partial charge in [-0.05, 0) is 48.2 Å². The Hall–Kier alpha value is -2.55. The summed E-state index contributed by atoms with van der Waals surface area (Å²) in [7, 11) is 0. The predicted molar refractivity (Wildman–Crippen MR) is 111 cm³/mol. The Morgan fingerprint density at radius 2 is 1.89 bits per heavy atom. The highest BCUT2D eigenvalue weighted by atomic mass is 35.5. The van der Waals surface area contributed by atoms with Crippen LogP contribution in [0.1, 0.15) is 34.3 Å². The molecule has 148 valence electrons. The van der Waals surface area contributed by atoms with E-state index in [0.717, 1.165) is 23.1 Å². The molecule has 0 aliphatic heterocycles. The van der Waals surface area contributed by atoms with Crippen molar-refractivity contribution in [1.82, 2.24) is 4.72 Å². The Bertz CT molecular complexity index is 906. The number of hydrogen-bond acceptors (Lipinski definition) is 6. The van der Waals surface area contributed by atoms with Gasteiger partial charge in [-0.3, -0.25) is 10.2 Å². The lowest BCUT2D eigenvalue weighted by molar-refractivity contribution is 0.0997. The van der Waals surface area contributed by atoms with Gasteiger partial charge in [-0.25, -0.2) is 9.52 Å². The van der Waals surface area contributed by atoms with E-state index in [1.54, 1.807) is 12.1 Å². The number of rotatable bonds is 7. The van der Waals surface area contributed by atoms with Gasteiger partial charge in [0.05, 0.1) is 5.56 Å². The third-order valence-corrected chi connectivity index (χ3v) is 5.36. The number of hydrogen-bond donors (Lipinski definition) is 4. The molecule has 28 heavy (non-hydrogen) atoms. The van der Waals surface area contributed by atoms with Crippen molar-refractivity contribution >= 4 is 41.4 Å². The van der Waals surface area contributed by atoms with Crippen molar-refractivity contribution in [3.63, 3.8) is 0 Å². The van der Waals surface area contributed by atoms with Gasteiger partial charge in [0, 0.05) is 15.8 Å². The van der Waals surface area contributed by atoms with Crippen molar-refractivity contribution in [3.05, 3.63) is 64.2 Å². The maximum Gasteiger partial charge on any atom is 0.411 e. The summed E-state index contributed by atoms with van der Waals surface area (Å²) in [5, 5.41) is 8.54. The van der Waals surface area contributed by atoms with Crippen LogP contribution in [0.5, 0.6) is 0 Å². The van der Waals surface area contributed by atoms with Crippen LogP contribution >= 0.6 is 23.5 Å². The molecule has 0 aliphatic rings. The highest BCUT2D eigenvalue weighted by Gasteiger charge is 2.27. The van der Waals surface area contributed by atoms with Crippen LogP contribution < -0.4 is 16.2 Å². The molecule has 2 aromatic carbocycles. The minimum atomic E-state index is -1.07. The molecule has 0 aromatic heterocycles. The minimum absolute atomic E-state index is 0.232. The van der Waals surface area contributed by atoms with Gasteiger partial charge >= 0.3 is 6.09 Å². The highest BCUT2D eigenvalue weighted by molar-refractivity contribution is 7.97. The van der Waals surface area contributed by atoms with E-state index in [1.165, 1.54) is 6.07 Å². The average Bonchev–Trinajstić information content (AvgIpc) is 2.62. The average molecular weight is 421 g/mol. The number of benzene rings is 2. The Kier molecular flexibility index (Phi) is 7.45. The summed E-state index contributed by atoms with van der Waals surface area (Å²) in [4.78, 5) is 23.4. The van der Waals surface area contributed by atoms with Crippen molar-refractivity contribution in [3.8, 4) is 0 Å². The van der Waals surface area contributed by atoms with E-state index in [0.29, 0.717) is 9.92 Å². The van der Waals surface area contributed by atoms with Gasteiger partial charge in [-0.2, -0.15) is 0 Å². The molecule has 0 spiro atoms. The van der Waals surface area contributed by atoms with Gasteiger partial charge in [0.1, 0.15) is 6.04 Å². The molecular weight excluding hydrogens is 400 g/mol. The quantitative estimate of drug-likeness (QED) is 0.309. The first-order chi connectivity index (χ1) is 13.2. The molecule has 0 fully saturated rings. The summed E-state index contributed by atoms with van der Waals surface area (Å²) in [5.74, 6) is -1.19. The normalized spacial score (nSPS) is 12.8. The van der Waals surface area contributed by atoms with E-state index in [9.17, 15) is 9.59 Å². The minimum Gasteiger partial charge on any atom is -0.394 e. The standard InChI is InChI=1S/C19H21ClN4O3S/c1-10-5-3-4-6-13(10)11(2)16(18(22)27-19(23)26)24-28-15-8-7-12(20)9-14(15)17(21)25/h3-9,11,16,22,24H,1-2H3,(H2,21,25)(H2,23,26). The van der Waals surface area contributed by atoms with Gasteiger partial charge in [0.2, 0.25) is 11.8 Å². The number of carbonyl (C=O) groups excluding carboxylic acids is 2. The second-order valence-corrected chi connectivity index (χ2v) is 7.45. The predicted octanol–water partition coefficient (Wildman–Crippen LogP) is 3.59. The van der Waals surface area contributed by atoms with Gasteiger partial charge in [0.15, 0.2) is 0 Å². The topological polar surface area (TPSA) is 131 Å². The van der Waals surface area contributed by atoms with E-state index in [1.807, 2.05) is 38.1 Å². The first-order valence-electron chi connectivity index (χ1n) is 8.33. The molecule has 0 saturated carbocycles. The molecule has 9 heteroatoms. The second-order valence-electron chi connectivity index (χ2n) is 6.13. The number of primary amides is 2. The highest BCUT2D eigenvalue weighted by Crippen LogP contribution is 2.28. The zero-order valence-corrected chi connectivity index (χ0v) is 16.9. The van der Waals surface area contributed by atoms with Crippen molar-refractivity contribution in [2.24, 2.45) is 11.5 Å². The van der Waals surface area contributed by atoms with E-state index < -0.39 is 18.0 Å². The SMILES string of the molecule is Cc1ccccc1C(C)C(NSc1ccc(Cl)cc1C(N)=O)C(=N)OC(N)=O. The lowest BCUT2D eigenvalue weighted by Gasteiger charge is -2.26. The molecule has 0 radical (unpaired) electrons. The molecule has 2 amide bonds. The maximum absolute atomic E-state index is 11.7. The van der Waals surface area contributed by atoms with Crippen LogP contribution in [-0.4, -0.2) is 23.9 Å². The van der Waals surface area contributed by atoms with Crippen molar-refractivity contribution < 1.29 is 14.3 Å². The first-order valence-corrected chi connectivity index (χ1v) is 9.53. The number of nitrogens with two attached hydrogens (primary N) is 2. The molecule has 7 nitrogen and oxygen atoms in total. The number of carbonyl (C=O) groups is 2. The lowest BCUT2D eigenvalue weighted by Crippen LogP contribution is -2.40. The summed E-state index contributed by atoms with van der Waals surface area (Å²) in [6.07, 6.45) is -1.07. The van der Waals surface area contributed by atoms with E-state index >= 15 is 0 Å². The monoisotopic (exact) mass is 420 g/mol. The molecule has 2 rings (SSSR count). The number of ether oxygens (including phenoxy) is 1. The van der Waals surface area contributed by atoms with E-state index in [4.69, 9.17) is 33.2 Å². The summed E-state index contributed by atoms with van der Waals surface area (Å²) < 4.78 is 7.90. The smallest absolute Gasteiger partial charge is 0.394 e. The van der Waals surface area contributed by atoms with Crippen LogP contribution in [0.2, 0.25) is 5.02 Å². The van der Waals surface area contributed by atoms with Crippen LogP contribution in [0, 0.1) is 12.3 Å². The summed E-state index contributed by atoms with van der Waals surface area (Å²) in [5.41, 5.74) is 12.7. The van der Waals surface area contributed by atoms with Gasteiger partial charge < -0.3 is 16.2 Å². The Labute approximate surface area is 172 Å². The van der Waals surface area contributed by atoms with Gasteiger partial charge in [-0.15, -0.1) is 0 Å². The van der Waals surface area contributed by atoms with Crippen LogP contribution in [-0.2, 0) is 4.74 Å². The zero-order valence-electron chi connectivity index (χ0n) is 15.4. The fraction of sp³-hybridized carbons (Fsp3) is 0.211. The maximum atomic E-state index is 11.7. The van der Waals surface area contributed by atoms with Crippen LogP contribution in [0.4, 0.5) is 4.79 Å². The largest absolute Gasteiger partial charge is 0.411 e. The number of nitrogens with one attached hydrogen (secondary N) is 2. The molecular formula is C19H21ClN4O3S. The second kappa shape index (κ2) is 9.59. The Morgan fingerprint density at radius 3 is 2.50 bits per heavy atom. The lowest BCUT2D eigenvalue weighted by atomic mass is 9.90. The first kappa shape index (κ1) is 21.7.